The maximum Gasteiger partial charge on any atom is 0.0299 e. The van der Waals surface area contributed by atoms with Crippen molar-refractivity contribution in [2.24, 2.45) is 5.73 Å². The van der Waals surface area contributed by atoms with Crippen molar-refractivity contribution >= 4 is 0 Å². The Balaban J connectivity index is 1.88. The predicted octanol–water partition coefficient (Wildman–Crippen LogP) is 3.93. The van der Waals surface area contributed by atoms with E-state index in [1.807, 2.05) is 18.5 Å². The summed E-state index contributed by atoms with van der Waals surface area (Å²) in [6.45, 7) is 0.784. The van der Waals surface area contributed by atoms with Gasteiger partial charge in [-0.15, -0.1) is 0 Å². The van der Waals surface area contributed by atoms with Crippen LogP contribution in [0, 0.1) is 0 Å². The Morgan fingerprint density at radius 3 is 2.45 bits per heavy atom. The summed E-state index contributed by atoms with van der Waals surface area (Å²) in [7, 11) is 0. The zero-order valence-electron chi connectivity index (χ0n) is 12.0. The average Bonchev–Trinajstić information content (AvgIpc) is 2.52. The monoisotopic (exact) mass is 268 g/mol. The summed E-state index contributed by atoms with van der Waals surface area (Å²) in [6, 6.07) is 15.0. The normalized spacial score (nSPS) is 12.2. The van der Waals surface area contributed by atoms with Crippen molar-refractivity contribution in [3.8, 4) is 0 Å². The number of nitrogens with zero attached hydrogens (tertiary/aromatic N) is 1. The summed E-state index contributed by atoms with van der Waals surface area (Å²) in [5, 5.41) is 0. The molecule has 20 heavy (non-hydrogen) atoms. The van der Waals surface area contributed by atoms with Gasteiger partial charge in [-0.05, 0) is 61.8 Å². The van der Waals surface area contributed by atoms with E-state index in [-0.39, 0.29) is 0 Å². The van der Waals surface area contributed by atoms with Crippen LogP contribution in [0.2, 0.25) is 0 Å². The van der Waals surface area contributed by atoms with E-state index in [1.54, 1.807) is 0 Å². The molecule has 2 heteroatoms. The van der Waals surface area contributed by atoms with Gasteiger partial charge in [-0.3, -0.25) is 4.98 Å². The van der Waals surface area contributed by atoms with Crippen LogP contribution in [0.25, 0.3) is 0 Å². The summed E-state index contributed by atoms with van der Waals surface area (Å²) in [5.74, 6) is 0.636. The quantitative estimate of drug-likeness (QED) is 0.788. The Kier molecular flexibility index (Phi) is 6.25. The van der Waals surface area contributed by atoms with E-state index < -0.39 is 0 Å². The largest absolute Gasteiger partial charge is 0.330 e. The minimum atomic E-state index is 0.636. The second-order valence-electron chi connectivity index (χ2n) is 5.29. The highest BCUT2D eigenvalue weighted by molar-refractivity contribution is 5.19. The molecule has 0 saturated carbocycles. The molecule has 2 nitrogen and oxygen atoms in total. The third kappa shape index (κ3) is 4.78. The van der Waals surface area contributed by atoms with E-state index in [4.69, 9.17) is 5.73 Å². The van der Waals surface area contributed by atoms with Crippen LogP contribution in [0.15, 0.2) is 54.9 Å². The van der Waals surface area contributed by atoms with Gasteiger partial charge in [0.2, 0.25) is 0 Å². The lowest BCUT2D eigenvalue weighted by atomic mass is 9.89. The molecule has 106 valence electrons. The molecule has 1 unspecified atom stereocenters. The molecule has 2 N–H and O–H groups in total. The average molecular weight is 268 g/mol. The second kappa shape index (κ2) is 8.49. The molecule has 1 atom stereocenters. The first kappa shape index (κ1) is 14.7. The number of rotatable bonds is 8. The third-order valence-electron chi connectivity index (χ3n) is 3.77. The van der Waals surface area contributed by atoms with Gasteiger partial charge >= 0.3 is 0 Å². The fraction of sp³-hybridized carbons (Fsp3) is 0.389. The van der Waals surface area contributed by atoms with Crippen LogP contribution < -0.4 is 5.73 Å². The van der Waals surface area contributed by atoms with Gasteiger partial charge in [0.1, 0.15) is 0 Å². The number of nitrogens with two attached hydrogens (primary N) is 1. The molecule has 1 aromatic heterocycles. The highest BCUT2D eigenvalue weighted by Gasteiger charge is 2.10. The Labute approximate surface area is 122 Å². The molecule has 1 heterocycles. The molecule has 1 aromatic carbocycles. The second-order valence-corrected chi connectivity index (χ2v) is 5.29. The van der Waals surface area contributed by atoms with Crippen LogP contribution in [0.3, 0.4) is 0 Å². The summed E-state index contributed by atoms with van der Waals surface area (Å²) < 4.78 is 0. The standard InChI is InChI=1S/C18H24N2/c19-13-5-12-18(17-9-2-1-3-10-17)11-4-7-16-8-6-14-20-15-16/h1-3,6,8-10,14-15,18H,4-5,7,11-13,19H2. The van der Waals surface area contributed by atoms with Crippen LogP contribution in [0.4, 0.5) is 0 Å². The van der Waals surface area contributed by atoms with Gasteiger partial charge in [-0.25, -0.2) is 0 Å². The van der Waals surface area contributed by atoms with Crippen molar-refractivity contribution in [3.63, 3.8) is 0 Å². The fourth-order valence-corrected chi connectivity index (χ4v) is 2.67. The number of hydrogen-bond acceptors (Lipinski definition) is 2. The first-order chi connectivity index (χ1) is 9.90. The molecule has 0 aliphatic heterocycles. The highest BCUT2D eigenvalue weighted by Crippen LogP contribution is 2.26. The Hall–Kier alpha value is -1.67. The number of aryl methyl sites for hydroxylation is 1. The van der Waals surface area contributed by atoms with Crippen molar-refractivity contribution in [1.82, 2.24) is 4.98 Å². The summed E-state index contributed by atoms with van der Waals surface area (Å²) in [4.78, 5) is 4.17. The van der Waals surface area contributed by atoms with Gasteiger partial charge in [-0.2, -0.15) is 0 Å². The van der Waals surface area contributed by atoms with Gasteiger partial charge in [0.25, 0.3) is 0 Å². The molecular formula is C18H24N2. The maximum absolute atomic E-state index is 5.67. The lowest BCUT2D eigenvalue weighted by Crippen LogP contribution is -2.05. The first-order valence-electron chi connectivity index (χ1n) is 7.54. The van der Waals surface area contributed by atoms with E-state index in [2.05, 4.69) is 41.4 Å². The van der Waals surface area contributed by atoms with Crippen molar-refractivity contribution in [2.45, 2.75) is 38.0 Å². The fourth-order valence-electron chi connectivity index (χ4n) is 2.67. The molecular weight excluding hydrogens is 244 g/mol. The third-order valence-corrected chi connectivity index (χ3v) is 3.77. The summed E-state index contributed by atoms with van der Waals surface area (Å²) >= 11 is 0. The molecule has 2 rings (SSSR count). The van der Waals surface area contributed by atoms with Crippen LogP contribution in [0.5, 0.6) is 0 Å². The van der Waals surface area contributed by atoms with Crippen LogP contribution in [-0.4, -0.2) is 11.5 Å². The Morgan fingerprint density at radius 2 is 1.75 bits per heavy atom. The lowest BCUT2D eigenvalue weighted by molar-refractivity contribution is 0.536. The zero-order valence-corrected chi connectivity index (χ0v) is 12.0. The topological polar surface area (TPSA) is 38.9 Å². The van der Waals surface area contributed by atoms with E-state index >= 15 is 0 Å². The smallest absolute Gasteiger partial charge is 0.0299 e. The number of hydrogen-bond donors (Lipinski definition) is 1. The SMILES string of the molecule is NCCCC(CCCc1cccnc1)c1ccccc1. The van der Waals surface area contributed by atoms with Crippen LogP contribution in [-0.2, 0) is 6.42 Å². The van der Waals surface area contributed by atoms with Crippen LogP contribution in [0.1, 0.15) is 42.7 Å². The number of pyridine rings is 1. The Morgan fingerprint density at radius 1 is 0.950 bits per heavy atom. The molecule has 0 aliphatic carbocycles. The van der Waals surface area contributed by atoms with Gasteiger partial charge in [0.05, 0.1) is 0 Å². The molecule has 0 spiro atoms. The molecule has 0 aliphatic rings. The van der Waals surface area contributed by atoms with Gasteiger partial charge in [-0.1, -0.05) is 36.4 Å². The minimum absolute atomic E-state index is 0.636. The van der Waals surface area contributed by atoms with Crippen molar-refractivity contribution in [3.05, 3.63) is 66.0 Å². The van der Waals surface area contributed by atoms with Crippen LogP contribution >= 0.6 is 0 Å². The first-order valence-corrected chi connectivity index (χ1v) is 7.54. The van der Waals surface area contributed by atoms with E-state index in [0.717, 1.165) is 19.4 Å². The lowest BCUT2D eigenvalue weighted by Gasteiger charge is -2.17. The number of benzene rings is 1. The molecule has 0 radical (unpaired) electrons. The van der Waals surface area contributed by atoms with Gasteiger partial charge in [0.15, 0.2) is 0 Å². The van der Waals surface area contributed by atoms with Crippen molar-refractivity contribution < 1.29 is 0 Å². The number of aromatic nitrogens is 1. The van der Waals surface area contributed by atoms with E-state index in [1.165, 1.54) is 30.4 Å². The van der Waals surface area contributed by atoms with E-state index in [0.29, 0.717) is 5.92 Å². The maximum atomic E-state index is 5.67. The van der Waals surface area contributed by atoms with Gasteiger partial charge < -0.3 is 5.73 Å². The molecule has 0 saturated heterocycles. The molecule has 2 aromatic rings. The van der Waals surface area contributed by atoms with Gasteiger partial charge in [0, 0.05) is 12.4 Å². The Bertz CT molecular complexity index is 467. The molecule has 0 fully saturated rings. The van der Waals surface area contributed by atoms with E-state index in [9.17, 15) is 0 Å². The molecule has 0 amide bonds. The summed E-state index contributed by atoms with van der Waals surface area (Å²) in [5.41, 5.74) is 8.45. The molecule has 0 bridgehead atoms. The highest BCUT2D eigenvalue weighted by atomic mass is 14.6. The summed E-state index contributed by atoms with van der Waals surface area (Å²) in [6.07, 6.45) is 9.63. The minimum Gasteiger partial charge on any atom is -0.330 e. The van der Waals surface area contributed by atoms with Crippen molar-refractivity contribution in [1.29, 1.82) is 0 Å². The van der Waals surface area contributed by atoms with Crippen molar-refractivity contribution in [2.75, 3.05) is 6.54 Å². The zero-order chi connectivity index (χ0) is 14.0. The predicted molar refractivity (Wildman–Crippen MR) is 84.6 cm³/mol.